The van der Waals surface area contributed by atoms with Crippen LogP contribution in [0.25, 0.3) is 6.08 Å². The Morgan fingerprint density at radius 1 is 1.13 bits per heavy atom. The molecule has 0 radical (unpaired) electrons. The van der Waals surface area contributed by atoms with Crippen molar-refractivity contribution in [1.82, 2.24) is 4.90 Å². The second-order valence-corrected chi connectivity index (χ2v) is 5.87. The molecule has 3 rings (SSSR count). The van der Waals surface area contributed by atoms with E-state index < -0.39 is 0 Å². The van der Waals surface area contributed by atoms with Gasteiger partial charge in [0.05, 0.1) is 6.26 Å². The third kappa shape index (κ3) is 4.83. The summed E-state index contributed by atoms with van der Waals surface area (Å²) in [6.07, 6.45) is 8.67. The van der Waals surface area contributed by atoms with Crippen LogP contribution in [-0.2, 0) is 11.3 Å². The van der Waals surface area contributed by atoms with E-state index in [1.165, 1.54) is 44.0 Å². The van der Waals surface area contributed by atoms with Crippen LogP contribution >= 0.6 is 0 Å². The van der Waals surface area contributed by atoms with Gasteiger partial charge in [0.25, 0.3) is 0 Å². The van der Waals surface area contributed by atoms with Gasteiger partial charge in [-0.2, -0.15) is 0 Å². The minimum atomic E-state index is -0.162. The Hall–Kier alpha value is -2.33. The summed E-state index contributed by atoms with van der Waals surface area (Å²) in [7, 11) is 0. The molecule has 0 aliphatic carbocycles. The van der Waals surface area contributed by atoms with Gasteiger partial charge in [-0.15, -0.1) is 0 Å². The van der Waals surface area contributed by atoms with Crippen LogP contribution in [0.3, 0.4) is 0 Å². The lowest BCUT2D eigenvalue weighted by atomic mass is 10.1. The van der Waals surface area contributed by atoms with Crippen LogP contribution in [0.5, 0.6) is 0 Å². The SMILES string of the molecule is O=C(C=Cc1ccco1)Nc1ccc(CN2CCCCC2)cc1. The van der Waals surface area contributed by atoms with Crippen molar-refractivity contribution >= 4 is 17.7 Å². The molecule has 0 bridgehead atoms. The van der Waals surface area contributed by atoms with Crippen molar-refractivity contribution in [2.45, 2.75) is 25.8 Å². The second-order valence-electron chi connectivity index (χ2n) is 5.87. The van der Waals surface area contributed by atoms with Gasteiger partial charge in [-0.25, -0.2) is 0 Å². The maximum atomic E-state index is 11.9. The number of nitrogens with one attached hydrogen (secondary N) is 1. The largest absolute Gasteiger partial charge is 0.465 e. The van der Waals surface area contributed by atoms with Gasteiger partial charge in [0, 0.05) is 18.3 Å². The molecule has 1 aliphatic heterocycles. The Kier molecular flexibility index (Phi) is 5.27. The smallest absolute Gasteiger partial charge is 0.248 e. The third-order valence-electron chi connectivity index (χ3n) is 4.02. The van der Waals surface area contributed by atoms with Crippen molar-refractivity contribution in [3.05, 3.63) is 60.1 Å². The molecule has 4 heteroatoms. The summed E-state index contributed by atoms with van der Waals surface area (Å²) < 4.78 is 5.15. The lowest BCUT2D eigenvalue weighted by Crippen LogP contribution is -2.29. The molecule has 2 aromatic rings. The molecule has 1 fully saturated rings. The van der Waals surface area contributed by atoms with E-state index in [1.54, 1.807) is 24.5 Å². The molecular formula is C19H22N2O2. The van der Waals surface area contributed by atoms with Crippen LogP contribution in [0, 0.1) is 0 Å². The van der Waals surface area contributed by atoms with E-state index in [0.29, 0.717) is 5.76 Å². The van der Waals surface area contributed by atoms with E-state index >= 15 is 0 Å². The lowest BCUT2D eigenvalue weighted by molar-refractivity contribution is -0.111. The number of likely N-dealkylation sites (tertiary alicyclic amines) is 1. The highest BCUT2D eigenvalue weighted by Gasteiger charge is 2.10. The molecular weight excluding hydrogens is 288 g/mol. The number of carbonyl (C=O) groups is 1. The van der Waals surface area contributed by atoms with Crippen molar-refractivity contribution < 1.29 is 9.21 Å². The summed E-state index contributed by atoms with van der Waals surface area (Å²) in [6, 6.07) is 11.7. The van der Waals surface area contributed by atoms with Crippen LogP contribution in [0.2, 0.25) is 0 Å². The summed E-state index contributed by atoms with van der Waals surface area (Å²) in [5.41, 5.74) is 2.09. The minimum absolute atomic E-state index is 0.162. The van der Waals surface area contributed by atoms with Crippen LogP contribution in [0.15, 0.2) is 53.2 Å². The van der Waals surface area contributed by atoms with E-state index in [2.05, 4.69) is 22.3 Å². The zero-order valence-corrected chi connectivity index (χ0v) is 13.2. The maximum Gasteiger partial charge on any atom is 0.248 e. The van der Waals surface area contributed by atoms with Crippen LogP contribution in [0.4, 0.5) is 5.69 Å². The molecule has 1 amide bonds. The Bertz CT molecular complexity index is 639. The number of carbonyl (C=O) groups excluding carboxylic acids is 1. The molecule has 1 N–H and O–H groups in total. The number of piperidine rings is 1. The van der Waals surface area contributed by atoms with Crippen molar-refractivity contribution in [3.63, 3.8) is 0 Å². The van der Waals surface area contributed by atoms with E-state index in [0.717, 1.165) is 12.2 Å². The molecule has 0 unspecified atom stereocenters. The normalized spacial score (nSPS) is 15.8. The number of hydrogen-bond donors (Lipinski definition) is 1. The molecule has 120 valence electrons. The molecule has 23 heavy (non-hydrogen) atoms. The highest BCUT2D eigenvalue weighted by molar-refractivity contribution is 6.01. The summed E-state index contributed by atoms with van der Waals surface area (Å²) in [4.78, 5) is 14.4. The number of amides is 1. The summed E-state index contributed by atoms with van der Waals surface area (Å²) >= 11 is 0. The Labute approximate surface area is 136 Å². The van der Waals surface area contributed by atoms with Gasteiger partial charge < -0.3 is 9.73 Å². The Morgan fingerprint density at radius 2 is 1.91 bits per heavy atom. The first kappa shape index (κ1) is 15.6. The molecule has 0 saturated carbocycles. The highest BCUT2D eigenvalue weighted by Crippen LogP contribution is 2.15. The van der Waals surface area contributed by atoms with Gasteiger partial charge >= 0.3 is 0 Å². The first-order chi connectivity index (χ1) is 11.3. The Balaban J connectivity index is 1.51. The fraction of sp³-hybridized carbons (Fsp3) is 0.316. The first-order valence-electron chi connectivity index (χ1n) is 8.13. The van der Waals surface area contributed by atoms with Crippen LogP contribution in [-0.4, -0.2) is 23.9 Å². The number of benzene rings is 1. The van der Waals surface area contributed by atoms with Crippen molar-refractivity contribution in [2.75, 3.05) is 18.4 Å². The van der Waals surface area contributed by atoms with Crippen LogP contribution < -0.4 is 5.32 Å². The van der Waals surface area contributed by atoms with Gasteiger partial charge in [-0.05, 0) is 61.8 Å². The van der Waals surface area contributed by atoms with E-state index in [9.17, 15) is 4.79 Å². The second kappa shape index (κ2) is 7.79. The standard InChI is InChI=1S/C19H22N2O2/c22-19(11-10-18-5-4-14-23-18)20-17-8-6-16(7-9-17)15-21-12-2-1-3-13-21/h4-11,14H,1-3,12-13,15H2,(H,20,22). The molecule has 1 saturated heterocycles. The number of furan rings is 1. The van der Waals surface area contributed by atoms with Gasteiger partial charge in [0.2, 0.25) is 5.91 Å². The molecule has 1 aliphatic rings. The van der Waals surface area contributed by atoms with Gasteiger partial charge in [0.1, 0.15) is 5.76 Å². The predicted molar refractivity (Wildman–Crippen MR) is 91.9 cm³/mol. The first-order valence-corrected chi connectivity index (χ1v) is 8.13. The van der Waals surface area contributed by atoms with E-state index in [4.69, 9.17) is 4.42 Å². The fourth-order valence-corrected chi connectivity index (χ4v) is 2.80. The summed E-state index contributed by atoms with van der Waals surface area (Å²) in [5, 5.41) is 2.85. The molecule has 4 nitrogen and oxygen atoms in total. The average molecular weight is 310 g/mol. The molecule has 0 atom stereocenters. The molecule has 0 spiro atoms. The number of rotatable bonds is 5. The maximum absolute atomic E-state index is 11.9. The zero-order valence-electron chi connectivity index (χ0n) is 13.2. The van der Waals surface area contributed by atoms with E-state index in [1.807, 2.05) is 12.1 Å². The van der Waals surface area contributed by atoms with Gasteiger partial charge in [-0.3, -0.25) is 9.69 Å². The fourth-order valence-electron chi connectivity index (χ4n) is 2.80. The van der Waals surface area contributed by atoms with Crippen molar-refractivity contribution in [2.24, 2.45) is 0 Å². The number of hydrogen-bond acceptors (Lipinski definition) is 3. The predicted octanol–water partition coefficient (Wildman–Crippen LogP) is 3.92. The minimum Gasteiger partial charge on any atom is -0.465 e. The molecule has 1 aromatic carbocycles. The molecule has 2 heterocycles. The summed E-state index contributed by atoms with van der Waals surface area (Å²) in [5.74, 6) is 0.502. The van der Waals surface area contributed by atoms with Crippen molar-refractivity contribution in [1.29, 1.82) is 0 Å². The van der Waals surface area contributed by atoms with E-state index in [-0.39, 0.29) is 5.91 Å². The average Bonchev–Trinajstić information content (AvgIpc) is 3.09. The highest BCUT2D eigenvalue weighted by atomic mass is 16.3. The number of anilines is 1. The quantitative estimate of drug-likeness (QED) is 0.851. The topological polar surface area (TPSA) is 45.5 Å². The number of nitrogens with zero attached hydrogens (tertiary/aromatic N) is 1. The Morgan fingerprint density at radius 3 is 2.61 bits per heavy atom. The third-order valence-corrected chi connectivity index (χ3v) is 4.02. The summed E-state index contributed by atoms with van der Waals surface area (Å²) in [6.45, 7) is 3.37. The van der Waals surface area contributed by atoms with Gasteiger partial charge in [-0.1, -0.05) is 18.6 Å². The van der Waals surface area contributed by atoms with Crippen molar-refractivity contribution in [3.8, 4) is 0 Å². The van der Waals surface area contributed by atoms with Gasteiger partial charge in [0.15, 0.2) is 0 Å². The molecule has 1 aromatic heterocycles. The zero-order chi connectivity index (χ0) is 15.9. The lowest BCUT2D eigenvalue weighted by Gasteiger charge is -2.26. The monoisotopic (exact) mass is 310 g/mol. The van der Waals surface area contributed by atoms with Crippen LogP contribution in [0.1, 0.15) is 30.6 Å².